The van der Waals surface area contributed by atoms with E-state index < -0.39 is 16.6 Å². The molecular formula is C20H26F2N4O3S. The van der Waals surface area contributed by atoms with E-state index in [1.54, 1.807) is 30.3 Å². The van der Waals surface area contributed by atoms with Gasteiger partial charge in [-0.3, -0.25) is 4.99 Å². The third kappa shape index (κ3) is 7.60. The first-order valence-electron chi connectivity index (χ1n) is 9.39. The minimum absolute atomic E-state index is 0.0997. The van der Waals surface area contributed by atoms with E-state index in [9.17, 15) is 17.2 Å². The van der Waals surface area contributed by atoms with Gasteiger partial charge in [0.2, 0.25) is 10.0 Å². The quantitative estimate of drug-likeness (QED) is 0.337. The highest BCUT2D eigenvalue weighted by atomic mass is 32.2. The number of nitrogens with one attached hydrogen (secondary N) is 2. The van der Waals surface area contributed by atoms with Crippen molar-refractivity contribution in [3.8, 4) is 5.75 Å². The number of alkyl halides is 2. The molecule has 2 aromatic rings. The summed E-state index contributed by atoms with van der Waals surface area (Å²) in [5.41, 5.74) is 0.884. The van der Waals surface area contributed by atoms with Gasteiger partial charge in [-0.15, -0.1) is 0 Å². The Morgan fingerprint density at radius 1 is 1.13 bits per heavy atom. The van der Waals surface area contributed by atoms with Crippen LogP contribution >= 0.6 is 0 Å². The molecular weight excluding hydrogens is 414 g/mol. The summed E-state index contributed by atoms with van der Waals surface area (Å²) in [5, 5.41) is 3.14. The summed E-state index contributed by atoms with van der Waals surface area (Å²) in [5.74, 6) is 0.701. The van der Waals surface area contributed by atoms with Crippen molar-refractivity contribution in [3.05, 3.63) is 60.2 Å². The van der Waals surface area contributed by atoms with Gasteiger partial charge in [0.25, 0.3) is 0 Å². The largest absolute Gasteiger partial charge is 0.435 e. The first-order valence-corrected chi connectivity index (χ1v) is 10.9. The molecule has 2 rings (SSSR count). The van der Waals surface area contributed by atoms with Gasteiger partial charge in [0.15, 0.2) is 5.96 Å². The lowest BCUT2D eigenvalue weighted by molar-refractivity contribution is -0.0498. The molecule has 0 saturated carbocycles. The number of guanidine groups is 1. The van der Waals surface area contributed by atoms with Crippen molar-refractivity contribution < 1.29 is 21.9 Å². The third-order valence-electron chi connectivity index (χ3n) is 3.98. The lowest BCUT2D eigenvalue weighted by atomic mass is 10.2. The number of halogens is 2. The fraction of sp³-hybridized carbons (Fsp3) is 0.350. The molecule has 0 amide bonds. The van der Waals surface area contributed by atoms with Crippen LogP contribution in [0.1, 0.15) is 12.5 Å². The molecule has 0 heterocycles. The lowest BCUT2D eigenvalue weighted by Gasteiger charge is -2.22. The molecule has 0 bridgehead atoms. The second-order valence-electron chi connectivity index (χ2n) is 6.33. The van der Waals surface area contributed by atoms with Crippen molar-refractivity contribution in [2.24, 2.45) is 4.99 Å². The van der Waals surface area contributed by atoms with Crippen LogP contribution in [0.15, 0.2) is 64.5 Å². The number of aliphatic imine (C=N–C) groups is 1. The van der Waals surface area contributed by atoms with Crippen LogP contribution in [0.5, 0.6) is 5.75 Å². The molecule has 0 unspecified atom stereocenters. The Kier molecular flexibility index (Phi) is 9.00. The van der Waals surface area contributed by atoms with Crippen LogP contribution in [0.25, 0.3) is 0 Å². The number of hydrogen-bond donors (Lipinski definition) is 2. The molecule has 2 aromatic carbocycles. The van der Waals surface area contributed by atoms with E-state index in [1.807, 2.05) is 18.9 Å². The number of sulfonamides is 1. The molecule has 0 aliphatic heterocycles. The molecule has 0 aromatic heterocycles. The Hall–Kier alpha value is -2.72. The van der Waals surface area contributed by atoms with Crippen molar-refractivity contribution >= 4 is 16.0 Å². The molecule has 7 nitrogen and oxygen atoms in total. The van der Waals surface area contributed by atoms with Crippen molar-refractivity contribution in [3.63, 3.8) is 0 Å². The van der Waals surface area contributed by atoms with E-state index >= 15 is 0 Å². The molecule has 2 N–H and O–H groups in total. The predicted molar refractivity (Wildman–Crippen MR) is 112 cm³/mol. The Morgan fingerprint density at radius 2 is 1.80 bits per heavy atom. The van der Waals surface area contributed by atoms with E-state index in [4.69, 9.17) is 0 Å². The zero-order valence-corrected chi connectivity index (χ0v) is 17.7. The first kappa shape index (κ1) is 23.6. The number of benzene rings is 2. The van der Waals surface area contributed by atoms with Crippen molar-refractivity contribution in [2.45, 2.75) is 25.0 Å². The summed E-state index contributed by atoms with van der Waals surface area (Å²) >= 11 is 0. The zero-order valence-electron chi connectivity index (χ0n) is 16.9. The summed E-state index contributed by atoms with van der Waals surface area (Å²) in [6, 6.07) is 14.5. The highest BCUT2D eigenvalue weighted by molar-refractivity contribution is 7.89. The molecule has 0 saturated heterocycles. The Balaban J connectivity index is 1.92. The fourth-order valence-electron chi connectivity index (χ4n) is 2.62. The minimum Gasteiger partial charge on any atom is -0.435 e. The average Bonchev–Trinajstić information content (AvgIpc) is 2.72. The van der Waals surface area contributed by atoms with Gasteiger partial charge in [-0.25, -0.2) is 13.1 Å². The maximum Gasteiger partial charge on any atom is 0.387 e. The van der Waals surface area contributed by atoms with Crippen LogP contribution in [-0.4, -0.2) is 52.6 Å². The molecule has 0 atom stereocenters. The molecule has 164 valence electrons. The summed E-state index contributed by atoms with van der Waals surface area (Å²) in [4.78, 5) is 6.51. The molecule has 30 heavy (non-hydrogen) atoms. The second kappa shape index (κ2) is 11.5. The number of rotatable bonds is 10. The summed E-state index contributed by atoms with van der Waals surface area (Å²) in [6.45, 7) is 0.596. The van der Waals surface area contributed by atoms with Gasteiger partial charge in [-0.1, -0.05) is 30.3 Å². The summed E-state index contributed by atoms with van der Waals surface area (Å²) in [6.07, 6.45) is 0. The van der Waals surface area contributed by atoms with E-state index in [0.717, 1.165) is 5.56 Å². The lowest BCUT2D eigenvalue weighted by Crippen LogP contribution is -2.39. The Bertz CT molecular complexity index is 907. The highest BCUT2D eigenvalue weighted by Gasteiger charge is 2.12. The van der Waals surface area contributed by atoms with E-state index in [1.165, 1.54) is 24.3 Å². The van der Waals surface area contributed by atoms with Gasteiger partial charge in [-0.05, 0) is 36.8 Å². The normalized spacial score (nSPS) is 12.1. The molecule has 0 aliphatic carbocycles. The van der Waals surface area contributed by atoms with E-state index in [0.29, 0.717) is 19.0 Å². The van der Waals surface area contributed by atoms with Crippen LogP contribution in [0, 0.1) is 0 Å². The Labute approximate surface area is 175 Å². The topological polar surface area (TPSA) is 83.0 Å². The van der Waals surface area contributed by atoms with Crippen LogP contribution < -0.4 is 14.8 Å². The molecule has 0 fully saturated rings. The van der Waals surface area contributed by atoms with Gasteiger partial charge in [0.05, 0.1) is 11.4 Å². The smallest absolute Gasteiger partial charge is 0.387 e. The Morgan fingerprint density at radius 3 is 2.40 bits per heavy atom. The summed E-state index contributed by atoms with van der Waals surface area (Å²) < 4.78 is 55.8. The van der Waals surface area contributed by atoms with Crippen molar-refractivity contribution in [2.75, 3.05) is 26.7 Å². The minimum atomic E-state index is -3.57. The van der Waals surface area contributed by atoms with Crippen molar-refractivity contribution in [1.29, 1.82) is 0 Å². The first-order chi connectivity index (χ1) is 14.3. The standard InChI is InChI=1S/C20H26F2N4O3S/c1-3-23-20(24-13-14-25-30(27,28)18-7-5-4-6-8-18)26(2)15-16-9-11-17(12-10-16)29-19(21)22/h4-12,19,25H,3,13-15H2,1-2H3,(H,23,24). The predicted octanol–water partition coefficient (Wildman–Crippen LogP) is 2.66. The zero-order chi connectivity index (χ0) is 22.0. The van der Waals surface area contributed by atoms with Crippen LogP contribution in [0.4, 0.5) is 8.78 Å². The van der Waals surface area contributed by atoms with Crippen LogP contribution in [0.2, 0.25) is 0 Å². The van der Waals surface area contributed by atoms with Gasteiger partial charge in [0, 0.05) is 26.7 Å². The third-order valence-corrected chi connectivity index (χ3v) is 5.46. The fourth-order valence-corrected chi connectivity index (χ4v) is 3.66. The van der Waals surface area contributed by atoms with E-state index in [-0.39, 0.29) is 23.7 Å². The highest BCUT2D eigenvalue weighted by Crippen LogP contribution is 2.15. The van der Waals surface area contributed by atoms with Gasteiger partial charge >= 0.3 is 6.61 Å². The number of hydrogen-bond acceptors (Lipinski definition) is 4. The number of nitrogens with zero attached hydrogens (tertiary/aromatic N) is 2. The second-order valence-corrected chi connectivity index (χ2v) is 8.09. The monoisotopic (exact) mass is 440 g/mol. The SMILES string of the molecule is CCNC(=NCCNS(=O)(=O)c1ccccc1)N(C)Cc1ccc(OC(F)F)cc1. The molecule has 0 spiro atoms. The summed E-state index contributed by atoms with van der Waals surface area (Å²) in [7, 11) is -1.74. The maximum absolute atomic E-state index is 12.2. The van der Waals surface area contributed by atoms with Gasteiger partial charge in [-0.2, -0.15) is 8.78 Å². The van der Waals surface area contributed by atoms with Gasteiger partial charge in [0.1, 0.15) is 5.75 Å². The van der Waals surface area contributed by atoms with Crippen LogP contribution in [0.3, 0.4) is 0 Å². The average molecular weight is 441 g/mol. The number of ether oxygens (including phenoxy) is 1. The van der Waals surface area contributed by atoms with Crippen LogP contribution in [-0.2, 0) is 16.6 Å². The molecule has 0 radical (unpaired) electrons. The van der Waals surface area contributed by atoms with Crippen molar-refractivity contribution in [1.82, 2.24) is 14.9 Å². The van der Waals surface area contributed by atoms with E-state index in [2.05, 4.69) is 19.8 Å². The maximum atomic E-state index is 12.2. The molecule has 0 aliphatic rings. The molecule has 10 heteroatoms. The van der Waals surface area contributed by atoms with Gasteiger partial charge < -0.3 is 15.0 Å².